The van der Waals surface area contributed by atoms with Gasteiger partial charge in [0.05, 0.1) is 34.4 Å². The van der Waals surface area contributed by atoms with Crippen molar-refractivity contribution in [2.24, 2.45) is 0 Å². The molecule has 0 bridgehead atoms. The maximum Gasteiger partial charge on any atom is 0.361 e. The van der Waals surface area contributed by atoms with Crippen molar-refractivity contribution in [3.63, 3.8) is 0 Å². The van der Waals surface area contributed by atoms with E-state index in [0.29, 0.717) is 23.9 Å². The largest absolute Gasteiger partial charge is 0.477 e. The van der Waals surface area contributed by atoms with Crippen LogP contribution >= 0.6 is 0 Å². The molecule has 2 unspecified atom stereocenters. The van der Waals surface area contributed by atoms with Gasteiger partial charge in [-0.25, -0.2) is 4.79 Å². The summed E-state index contributed by atoms with van der Waals surface area (Å²) in [6.45, 7) is 4.77. The molecule has 0 radical (unpaired) electrons. The minimum absolute atomic E-state index is 0.180. The number of hydrogen-bond donors (Lipinski definition) is 1. The standard InChI is InChI=1S/C98H167NO8/c1-6-8-10-12-14-16-18-20-22-24-26-28-30-32-34-36-38-40-42-44-46-48-50-52-54-56-58-60-62-64-66-68-70-72-74-76-78-80-82-84-86-88-95(100)105-92-94(93-106-98(97(102)103)104-91-90-99(3,4)5)107-96(101)89-87-85-83-81-79-77-75-73-71-69-67-65-63-61-59-57-55-53-51-49-47-45-43-41-39-37-35-33-31-29-27-25-23-21-19-17-15-13-11-9-7-2/h9,11,15,17-18,20-21,23-24,26-27,29,33,35,39,41,45,47,51,53,57,59,63,65,69,71,94,98H,6-8,10,12-14,16,19,22,25,28,30-32,34,36-38,40,42-44,46,48-50,52,54-56,58,60-62,64,66-68,70,72-93H2,1-5H3/p+1/b11-9-,17-15-,20-18-,23-21-,26-24-,29-27-,35-33-,41-39-,47-45-,53-51-,59-57-,65-63-,71-69-. The van der Waals surface area contributed by atoms with Crippen molar-refractivity contribution in [1.82, 2.24) is 0 Å². The number of rotatable bonds is 82. The first kappa shape index (κ1) is 102. The van der Waals surface area contributed by atoms with Crippen LogP contribution in [0.15, 0.2) is 158 Å². The van der Waals surface area contributed by atoms with Crippen LogP contribution in [0.2, 0.25) is 0 Å². The molecule has 0 amide bonds. The second-order valence-corrected chi connectivity index (χ2v) is 30.8. The van der Waals surface area contributed by atoms with E-state index in [9.17, 15) is 19.5 Å². The number of quaternary nitrogens is 1. The molecule has 9 heteroatoms. The zero-order valence-electron chi connectivity index (χ0n) is 70.3. The lowest BCUT2D eigenvalue weighted by Gasteiger charge is -2.25. The molecular weight excluding hydrogens is 1320 g/mol. The van der Waals surface area contributed by atoms with Crippen molar-refractivity contribution in [2.45, 2.75) is 399 Å². The Morgan fingerprint density at radius 3 is 0.794 bits per heavy atom. The number of carbonyl (C=O) groups excluding carboxylic acids is 2. The molecule has 0 heterocycles. The Labute approximate surface area is 661 Å². The van der Waals surface area contributed by atoms with E-state index in [1.54, 1.807) is 0 Å². The third-order valence-corrected chi connectivity index (χ3v) is 19.3. The first-order chi connectivity index (χ1) is 52.6. The molecule has 0 saturated carbocycles. The van der Waals surface area contributed by atoms with E-state index in [2.05, 4.69) is 172 Å². The van der Waals surface area contributed by atoms with Crippen LogP contribution < -0.4 is 0 Å². The second-order valence-electron chi connectivity index (χ2n) is 30.8. The van der Waals surface area contributed by atoms with Crippen molar-refractivity contribution in [1.29, 1.82) is 0 Å². The molecule has 2 atom stereocenters. The van der Waals surface area contributed by atoms with Crippen molar-refractivity contribution in [3.8, 4) is 0 Å². The molecule has 0 saturated heterocycles. The maximum atomic E-state index is 13.0. The Hall–Kier alpha value is -5.09. The molecule has 0 aliphatic carbocycles. The fourth-order valence-electron chi connectivity index (χ4n) is 12.5. The van der Waals surface area contributed by atoms with E-state index < -0.39 is 24.3 Å². The van der Waals surface area contributed by atoms with Gasteiger partial charge in [-0.15, -0.1) is 0 Å². The summed E-state index contributed by atoms with van der Waals surface area (Å²) in [5, 5.41) is 9.79. The van der Waals surface area contributed by atoms with Crippen molar-refractivity contribution in [2.75, 3.05) is 47.5 Å². The predicted molar refractivity (Wildman–Crippen MR) is 465 cm³/mol. The molecule has 9 nitrogen and oxygen atoms in total. The highest BCUT2D eigenvalue weighted by Gasteiger charge is 2.25. The first-order valence-electron chi connectivity index (χ1n) is 44.6. The van der Waals surface area contributed by atoms with Crippen LogP contribution in [0.4, 0.5) is 0 Å². The van der Waals surface area contributed by atoms with Crippen LogP contribution in [-0.2, 0) is 33.3 Å². The minimum atomic E-state index is -1.52. The smallest absolute Gasteiger partial charge is 0.361 e. The number of aliphatic carboxylic acids is 1. The topological polar surface area (TPSA) is 108 Å². The van der Waals surface area contributed by atoms with Crippen molar-refractivity contribution < 1.29 is 42.9 Å². The number of ether oxygens (including phenoxy) is 4. The molecule has 0 aromatic rings. The molecule has 0 fully saturated rings. The molecule has 0 rings (SSSR count). The fraction of sp³-hybridized carbons (Fsp3) is 0.704. The number of hydrogen-bond acceptors (Lipinski definition) is 7. The maximum absolute atomic E-state index is 13.0. The molecular formula is C98H168NO8+. The summed E-state index contributed by atoms with van der Waals surface area (Å²) in [6, 6.07) is 0. The van der Waals surface area contributed by atoms with E-state index in [1.165, 1.54) is 231 Å². The van der Waals surface area contributed by atoms with E-state index in [-0.39, 0.29) is 32.2 Å². The van der Waals surface area contributed by atoms with Gasteiger partial charge in [-0.1, -0.05) is 403 Å². The summed E-state index contributed by atoms with van der Waals surface area (Å²) in [5.41, 5.74) is 0. The minimum Gasteiger partial charge on any atom is -0.477 e. The van der Waals surface area contributed by atoms with E-state index in [1.807, 2.05) is 21.1 Å². The Kier molecular flexibility index (Phi) is 82.4. The fourth-order valence-corrected chi connectivity index (χ4v) is 12.5. The zero-order valence-corrected chi connectivity index (χ0v) is 70.3. The molecule has 0 spiro atoms. The molecule has 0 aliphatic rings. The second kappa shape index (κ2) is 86.5. The molecule has 107 heavy (non-hydrogen) atoms. The van der Waals surface area contributed by atoms with Gasteiger partial charge in [-0.2, -0.15) is 0 Å². The third kappa shape index (κ3) is 88.0. The van der Waals surface area contributed by atoms with E-state index >= 15 is 0 Å². The lowest BCUT2D eigenvalue weighted by atomic mass is 10.0. The van der Waals surface area contributed by atoms with Crippen LogP contribution in [-0.4, -0.2) is 87.4 Å². The van der Waals surface area contributed by atoms with Gasteiger partial charge in [0.2, 0.25) is 0 Å². The SMILES string of the molecule is CC/C=C\C/C=C\C/C=C\C/C=C\C/C=C\C/C=C\C/C=C\C/C=C\C/C=C\C/C=C\C/C=C\CCCCCCCCCC(=O)OC(COC(=O)CCCCCCCCCCCCCCCCCCCCCCCCCCCCCCC/C=C\C/C=C\CCCCCCC)COC(OCC[N+](C)(C)C)C(=O)O. The quantitative estimate of drug-likeness (QED) is 0.0211. The van der Waals surface area contributed by atoms with Crippen molar-refractivity contribution >= 4 is 17.9 Å². The zero-order chi connectivity index (χ0) is 77.4. The number of allylic oxidation sites excluding steroid dienone is 26. The van der Waals surface area contributed by atoms with Gasteiger partial charge < -0.3 is 28.5 Å². The van der Waals surface area contributed by atoms with E-state index in [4.69, 9.17) is 18.9 Å². The number of carbonyl (C=O) groups is 3. The van der Waals surface area contributed by atoms with Gasteiger partial charge in [0, 0.05) is 12.8 Å². The molecule has 0 aromatic heterocycles. The summed E-state index contributed by atoms with van der Waals surface area (Å²) in [7, 11) is 5.98. The Bertz CT molecular complexity index is 2340. The summed E-state index contributed by atoms with van der Waals surface area (Å²) in [6.07, 6.45) is 126. The van der Waals surface area contributed by atoms with Gasteiger partial charge in [0.1, 0.15) is 13.2 Å². The third-order valence-electron chi connectivity index (χ3n) is 19.3. The Morgan fingerprint density at radius 2 is 0.533 bits per heavy atom. The molecule has 1 N–H and O–H groups in total. The lowest BCUT2D eigenvalue weighted by Crippen LogP contribution is -2.40. The van der Waals surface area contributed by atoms with E-state index in [0.717, 1.165) is 122 Å². The Morgan fingerprint density at radius 1 is 0.290 bits per heavy atom. The normalized spacial score (nSPS) is 13.4. The van der Waals surface area contributed by atoms with Gasteiger partial charge in [0.25, 0.3) is 6.29 Å². The highest BCUT2D eigenvalue weighted by molar-refractivity contribution is 5.71. The van der Waals surface area contributed by atoms with Crippen LogP contribution in [0, 0.1) is 0 Å². The van der Waals surface area contributed by atoms with Gasteiger partial charge >= 0.3 is 17.9 Å². The number of likely N-dealkylation sites (N-methyl/N-ethyl adjacent to an activating group) is 1. The number of carboxylic acids is 1. The number of unbranched alkanes of at least 4 members (excludes halogenated alkanes) is 41. The number of nitrogens with zero attached hydrogens (tertiary/aromatic N) is 1. The average Bonchev–Trinajstić information content (AvgIpc) is 0.965. The predicted octanol–water partition coefficient (Wildman–Crippen LogP) is 29.5. The van der Waals surface area contributed by atoms with Gasteiger partial charge in [-0.3, -0.25) is 9.59 Å². The van der Waals surface area contributed by atoms with Crippen molar-refractivity contribution in [3.05, 3.63) is 158 Å². The summed E-state index contributed by atoms with van der Waals surface area (Å²) in [5.74, 6) is -2.01. The summed E-state index contributed by atoms with van der Waals surface area (Å²) >= 11 is 0. The highest BCUT2D eigenvalue weighted by Crippen LogP contribution is 2.19. The van der Waals surface area contributed by atoms with Gasteiger partial charge in [-0.05, 0) is 128 Å². The molecule has 0 aliphatic heterocycles. The number of esters is 2. The number of carboxylic acid groups (broad SMARTS) is 1. The highest BCUT2D eigenvalue weighted by atomic mass is 16.7. The Balaban J connectivity index is 4.02. The molecule has 612 valence electrons. The van der Waals surface area contributed by atoms with Crippen LogP contribution in [0.5, 0.6) is 0 Å². The summed E-state index contributed by atoms with van der Waals surface area (Å²) < 4.78 is 23.1. The average molecular weight is 1490 g/mol. The lowest BCUT2D eigenvalue weighted by molar-refractivity contribution is -0.870. The van der Waals surface area contributed by atoms with Crippen LogP contribution in [0.3, 0.4) is 0 Å². The van der Waals surface area contributed by atoms with Gasteiger partial charge in [0.15, 0.2) is 6.10 Å². The monoisotopic (exact) mass is 1490 g/mol. The van der Waals surface area contributed by atoms with Crippen LogP contribution in [0.1, 0.15) is 386 Å². The summed E-state index contributed by atoms with van der Waals surface area (Å²) in [4.78, 5) is 37.8. The van der Waals surface area contributed by atoms with Crippen LogP contribution in [0.25, 0.3) is 0 Å². The first-order valence-corrected chi connectivity index (χ1v) is 44.6. The molecule has 0 aromatic carbocycles.